The average molecular weight is 372 g/mol. The van der Waals surface area contributed by atoms with Crippen molar-refractivity contribution in [3.05, 3.63) is 51.5 Å². The van der Waals surface area contributed by atoms with Gasteiger partial charge in [-0.1, -0.05) is 36.8 Å². The number of aromatic nitrogens is 1. The normalized spacial score (nSPS) is 19.6. The van der Waals surface area contributed by atoms with E-state index in [1.807, 2.05) is 10.3 Å². The van der Waals surface area contributed by atoms with Crippen LogP contribution in [-0.4, -0.2) is 40.8 Å². The van der Waals surface area contributed by atoms with Crippen molar-refractivity contribution in [1.29, 1.82) is 0 Å². The molecule has 1 N–H and O–H groups in total. The molecular weight excluding hydrogens is 346 g/mol. The first-order chi connectivity index (χ1) is 12.5. The Bertz CT molecular complexity index is 785. The quantitative estimate of drug-likeness (QED) is 0.878. The Morgan fingerprint density at radius 3 is 2.65 bits per heavy atom. The summed E-state index contributed by atoms with van der Waals surface area (Å²) >= 11 is 1.54. The van der Waals surface area contributed by atoms with Crippen molar-refractivity contribution in [1.82, 2.24) is 15.2 Å². The van der Waals surface area contributed by atoms with Crippen LogP contribution in [0, 0.1) is 6.92 Å². The minimum Gasteiger partial charge on any atom is -0.351 e. The standard InChI is InChI=1S/C20H25N3O2S/c1-4-5-19-22-18(12-26-19)20(25)23-10-16(17(11-23)21-14(3)24)15-8-6-13(2)7-9-15/h6-9,12,16-17H,4-5,10-11H2,1-3H3,(H,21,24)/t16-,17+/m0/s1. The second-order valence-electron chi connectivity index (χ2n) is 6.91. The van der Waals surface area contributed by atoms with Crippen LogP contribution in [0.25, 0.3) is 0 Å². The van der Waals surface area contributed by atoms with Gasteiger partial charge in [0.2, 0.25) is 5.91 Å². The smallest absolute Gasteiger partial charge is 0.273 e. The summed E-state index contributed by atoms with van der Waals surface area (Å²) in [4.78, 5) is 30.8. The Labute approximate surface area is 158 Å². The predicted octanol–water partition coefficient (Wildman–Crippen LogP) is 3.15. The van der Waals surface area contributed by atoms with Crippen molar-refractivity contribution in [2.24, 2.45) is 0 Å². The molecule has 5 nitrogen and oxygen atoms in total. The van der Waals surface area contributed by atoms with Crippen molar-refractivity contribution in [3.63, 3.8) is 0 Å². The number of thiazole rings is 1. The highest BCUT2D eigenvalue weighted by atomic mass is 32.1. The summed E-state index contributed by atoms with van der Waals surface area (Å²) in [6, 6.07) is 8.24. The topological polar surface area (TPSA) is 62.3 Å². The number of carbonyl (C=O) groups excluding carboxylic acids is 2. The summed E-state index contributed by atoms with van der Waals surface area (Å²) in [5.74, 6) is -0.0222. The van der Waals surface area contributed by atoms with E-state index in [0.717, 1.165) is 23.4 Å². The highest BCUT2D eigenvalue weighted by Crippen LogP contribution is 2.29. The second kappa shape index (κ2) is 7.99. The zero-order chi connectivity index (χ0) is 18.7. The molecule has 1 aromatic heterocycles. The van der Waals surface area contributed by atoms with Crippen molar-refractivity contribution in [3.8, 4) is 0 Å². The molecule has 1 fully saturated rings. The van der Waals surface area contributed by atoms with E-state index in [1.54, 1.807) is 11.3 Å². The van der Waals surface area contributed by atoms with Gasteiger partial charge >= 0.3 is 0 Å². The summed E-state index contributed by atoms with van der Waals surface area (Å²) in [6.07, 6.45) is 1.92. The molecule has 2 atom stereocenters. The van der Waals surface area contributed by atoms with Crippen LogP contribution in [-0.2, 0) is 11.2 Å². The highest BCUT2D eigenvalue weighted by molar-refractivity contribution is 7.09. The maximum atomic E-state index is 12.9. The lowest BCUT2D eigenvalue weighted by Gasteiger charge is -2.19. The lowest BCUT2D eigenvalue weighted by Crippen LogP contribution is -2.39. The molecule has 2 aromatic rings. The fourth-order valence-corrected chi connectivity index (χ4v) is 4.30. The lowest BCUT2D eigenvalue weighted by molar-refractivity contribution is -0.119. The third-order valence-electron chi connectivity index (χ3n) is 4.74. The molecule has 26 heavy (non-hydrogen) atoms. The van der Waals surface area contributed by atoms with E-state index in [9.17, 15) is 9.59 Å². The summed E-state index contributed by atoms with van der Waals surface area (Å²) in [6.45, 7) is 6.78. The van der Waals surface area contributed by atoms with Gasteiger partial charge in [0, 0.05) is 31.3 Å². The molecule has 1 aromatic carbocycles. The molecule has 0 saturated carbocycles. The molecule has 1 saturated heterocycles. The predicted molar refractivity (Wildman–Crippen MR) is 104 cm³/mol. The molecule has 6 heteroatoms. The molecule has 0 bridgehead atoms. The van der Waals surface area contributed by atoms with Crippen molar-refractivity contribution in [2.45, 2.75) is 45.6 Å². The highest BCUT2D eigenvalue weighted by Gasteiger charge is 2.37. The zero-order valence-electron chi connectivity index (χ0n) is 15.5. The monoisotopic (exact) mass is 371 g/mol. The molecule has 3 rings (SSSR count). The number of carbonyl (C=O) groups is 2. The van der Waals surface area contributed by atoms with Crippen LogP contribution in [0.4, 0.5) is 0 Å². The molecule has 2 heterocycles. The van der Waals surface area contributed by atoms with E-state index < -0.39 is 0 Å². The number of nitrogens with zero attached hydrogens (tertiary/aromatic N) is 2. The Morgan fingerprint density at radius 1 is 1.27 bits per heavy atom. The summed E-state index contributed by atoms with van der Waals surface area (Å²) in [5.41, 5.74) is 2.86. The molecule has 0 unspecified atom stereocenters. The van der Waals surface area contributed by atoms with Crippen LogP contribution in [0.15, 0.2) is 29.6 Å². The lowest BCUT2D eigenvalue weighted by atomic mass is 9.93. The van der Waals surface area contributed by atoms with Gasteiger partial charge < -0.3 is 10.2 Å². The summed E-state index contributed by atoms with van der Waals surface area (Å²) < 4.78 is 0. The van der Waals surface area contributed by atoms with Gasteiger partial charge in [-0.2, -0.15) is 0 Å². The number of aryl methyl sites for hydroxylation is 2. The molecule has 0 radical (unpaired) electrons. The Hall–Kier alpha value is -2.21. The first-order valence-electron chi connectivity index (χ1n) is 9.05. The Morgan fingerprint density at radius 2 is 2.00 bits per heavy atom. The third-order valence-corrected chi connectivity index (χ3v) is 5.64. The number of nitrogens with one attached hydrogen (secondary N) is 1. The summed E-state index contributed by atoms with van der Waals surface area (Å²) in [7, 11) is 0. The zero-order valence-corrected chi connectivity index (χ0v) is 16.3. The van der Waals surface area contributed by atoms with Crippen LogP contribution in [0.3, 0.4) is 0 Å². The Balaban J connectivity index is 1.79. The van der Waals surface area contributed by atoms with Gasteiger partial charge in [0.15, 0.2) is 0 Å². The van der Waals surface area contributed by atoms with Gasteiger partial charge in [0.1, 0.15) is 5.69 Å². The fraction of sp³-hybridized carbons (Fsp3) is 0.450. The van der Waals surface area contributed by atoms with Crippen LogP contribution >= 0.6 is 11.3 Å². The second-order valence-corrected chi connectivity index (χ2v) is 7.85. The van der Waals surface area contributed by atoms with Crippen LogP contribution in [0.5, 0.6) is 0 Å². The number of rotatable bonds is 5. The van der Waals surface area contributed by atoms with Gasteiger partial charge in [-0.3, -0.25) is 9.59 Å². The van der Waals surface area contributed by atoms with E-state index in [-0.39, 0.29) is 23.8 Å². The number of hydrogen-bond donors (Lipinski definition) is 1. The van der Waals surface area contributed by atoms with E-state index >= 15 is 0 Å². The molecule has 1 aliphatic heterocycles. The number of benzene rings is 1. The van der Waals surface area contributed by atoms with Gasteiger partial charge in [0.25, 0.3) is 5.91 Å². The number of likely N-dealkylation sites (tertiary alicyclic amines) is 1. The maximum absolute atomic E-state index is 12.9. The Kier molecular flexibility index (Phi) is 5.71. The van der Waals surface area contributed by atoms with Crippen LogP contribution in [0.1, 0.15) is 52.8 Å². The fourth-order valence-electron chi connectivity index (χ4n) is 3.43. The van der Waals surface area contributed by atoms with Crippen molar-refractivity contribution >= 4 is 23.2 Å². The first kappa shape index (κ1) is 18.6. The average Bonchev–Trinajstić information content (AvgIpc) is 3.22. The van der Waals surface area contributed by atoms with E-state index in [2.05, 4.69) is 48.4 Å². The minimum atomic E-state index is -0.0760. The third kappa shape index (κ3) is 4.12. The maximum Gasteiger partial charge on any atom is 0.273 e. The summed E-state index contributed by atoms with van der Waals surface area (Å²) in [5, 5.41) is 5.87. The first-order valence-corrected chi connectivity index (χ1v) is 9.93. The molecule has 1 aliphatic rings. The molecule has 138 valence electrons. The molecular formula is C20H25N3O2S. The van der Waals surface area contributed by atoms with Crippen molar-refractivity contribution in [2.75, 3.05) is 13.1 Å². The van der Waals surface area contributed by atoms with Gasteiger partial charge in [0.05, 0.1) is 11.0 Å². The largest absolute Gasteiger partial charge is 0.351 e. The SMILES string of the molecule is CCCc1nc(C(=O)N2C[C@@H](NC(C)=O)[C@H](c3ccc(C)cc3)C2)cs1. The number of amides is 2. The van der Waals surface area contributed by atoms with E-state index in [4.69, 9.17) is 0 Å². The number of hydrogen-bond acceptors (Lipinski definition) is 4. The van der Waals surface area contributed by atoms with E-state index in [1.165, 1.54) is 12.5 Å². The molecule has 0 aliphatic carbocycles. The van der Waals surface area contributed by atoms with Crippen LogP contribution < -0.4 is 5.32 Å². The van der Waals surface area contributed by atoms with Gasteiger partial charge in [-0.15, -0.1) is 11.3 Å². The van der Waals surface area contributed by atoms with Gasteiger partial charge in [-0.05, 0) is 25.3 Å². The molecule has 2 amide bonds. The van der Waals surface area contributed by atoms with Gasteiger partial charge in [-0.25, -0.2) is 4.98 Å². The molecule has 0 spiro atoms. The van der Waals surface area contributed by atoms with Crippen LogP contribution in [0.2, 0.25) is 0 Å². The van der Waals surface area contributed by atoms with E-state index in [0.29, 0.717) is 18.8 Å². The minimum absolute atomic E-state index is 0.0476. The van der Waals surface area contributed by atoms with Crippen molar-refractivity contribution < 1.29 is 9.59 Å².